The summed E-state index contributed by atoms with van der Waals surface area (Å²) in [5, 5.41) is 0. The van der Waals surface area contributed by atoms with Gasteiger partial charge in [0.2, 0.25) is 0 Å². The Morgan fingerprint density at radius 3 is 1.67 bits per heavy atom. The fraction of sp³-hybridized carbons (Fsp3) is 0.273. The molecule has 0 unspecified atom stereocenters. The molecule has 0 bridgehead atoms. The Kier molecular flexibility index (Phi) is 4.32. The van der Waals surface area contributed by atoms with Crippen molar-refractivity contribution in [1.29, 1.82) is 0 Å². The SMILES string of the molecule is FC(F)(F)c1cc(/C=C/CCl)cc(C(F)(F)F)c1. The minimum Gasteiger partial charge on any atom is -0.166 e. The van der Waals surface area contributed by atoms with Crippen molar-refractivity contribution >= 4 is 17.7 Å². The summed E-state index contributed by atoms with van der Waals surface area (Å²) in [6.07, 6.45) is -7.29. The summed E-state index contributed by atoms with van der Waals surface area (Å²) < 4.78 is 74.6. The second-order valence-corrected chi connectivity index (χ2v) is 3.70. The molecule has 1 aromatic rings. The monoisotopic (exact) mass is 288 g/mol. The molecule has 0 aliphatic rings. The van der Waals surface area contributed by atoms with Crippen molar-refractivity contribution in [3.05, 3.63) is 41.0 Å². The van der Waals surface area contributed by atoms with Gasteiger partial charge in [-0.2, -0.15) is 26.3 Å². The highest BCUT2D eigenvalue weighted by atomic mass is 35.5. The Hall–Kier alpha value is -1.17. The van der Waals surface area contributed by atoms with Crippen molar-refractivity contribution < 1.29 is 26.3 Å². The third-order valence-electron chi connectivity index (χ3n) is 2.01. The molecule has 0 radical (unpaired) electrons. The highest BCUT2D eigenvalue weighted by molar-refractivity contribution is 6.19. The van der Waals surface area contributed by atoms with Gasteiger partial charge in [-0.3, -0.25) is 0 Å². The molecule has 0 saturated heterocycles. The third-order valence-corrected chi connectivity index (χ3v) is 2.19. The second-order valence-electron chi connectivity index (χ2n) is 3.40. The van der Waals surface area contributed by atoms with E-state index in [1.807, 2.05) is 0 Å². The fourth-order valence-electron chi connectivity index (χ4n) is 1.26. The summed E-state index contributed by atoms with van der Waals surface area (Å²) in [6, 6.07) is 1.36. The molecule has 0 aliphatic carbocycles. The summed E-state index contributed by atoms with van der Waals surface area (Å²) in [5.74, 6) is -0.00238. The summed E-state index contributed by atoms with van der Waals surface area (Å²) in [6.45, 7) is 0. The molecule has 0 atom stereocenters. The van der Waals surface area contributed by atoms with Crippen molar-refractivity contribution in [2.75, 3.05) is 5.88 Å². The minimum atomic E-state index is -4.83. The van der Waals surface area contributed by atoms with Crippen LogP contribution in [0.4, 0.5) is 26.3 Å². The van der Waals surface area contributed by atoms with Crippen molar-refractivity contribution in [2.45, 2.75) is 12.4 Å². The first-order valence-electron chi connectivity index (χ1n) is 4.66. The van der Waals surface area contributed by atoms with Gasteiger partial charge >= 0.3 is 12.4 Å². The van der Waals surface area contributed by atoms with Crippen LogP contribution in [0.5, 0.6) is 0 Å². The molecule has 0 spiro atoms. The van der Waals surface area contributed by atoms with Crippen LogP contribution in [-0.2, 0) is 12.4 Å². The molecule has 0 heterocycles. The number of hydrogen-bond acceptors (Lipinski definition) is 0. The van der Waals surface area contributed by atoms with Crippen molar-refractivity contribution in [3.8, 4) is 0 Å². The van der Waals surface area contributed by atoms with Crippen LogP contribution in [0.3, 0.4) is 0 Å². The van der Waals surface area contributed by atoms with Gasteiger partial charge in [0.15, 0.2) is 0 Å². The van der Waals surface area contributed by atoms with Gasteiger partial charge < -0.3 is 0 Å². The zero-order valence-electron chi connectivity index (χ0n) is 8.74. The number of hydrogen-bond donors (Lipinski definition) is 0. The summed E-state index contributed by atoms with van der Waals surface area (Å²) >= 11 is 5.28. The van der Waals surface area contributed by atoms with Crippen LogP contribution in [0.25, 0.3) is 6.08 Å². The highest BCUT2D eigenvalue weighted by Gasteiger charge is 2.36. The smallest absolute Gasteiger partial charge is 0.166 e. The number of alkyl halides is 7. The standard InChI is InChI=1S/C11H7ClF6/c12-3-1-2-7-4-8(10(13,14)15)6-9(5-7)11(16,17)18/h1-2,4-6H,3H2/b2-1+. The lowest BCUT2D eigenvalue weighted by Gasteiger charge is -2.12. The van der Waals surface area contributed by atoms with Crippen LogP contribution in [0.1, 0.15) is 16.7 Å². The summed E-state index contributed by atoms with van der Waals surface area (Å²) in [5.41, 5.74) is -2.88. The molecular weight excluding hydrogens is 282 g/mol. The lowest BCUT2D eigenvalue weighted by molar-refractivity contribution is -0.143. The van der Waals surface area contributed by atoms with Gasteiger partial charge in [-0.1, -0.05) is 12.2 Å². The van der Waals surface area contributed by atoms with Gasteiger partial charge in [-0.15, -0.1) is 11.6 Å². The van der Waals surface area contributed by atoms with Crippen LogP contribution >= 0.6 is 11.6 Å². The molecule has 0 saturated carbocycles. The zero-order valence-corrected chi connectivity index (χ0v) is 9.50. The fourth-order valence-corrected chi connectivity index (χ4v) is 1.34. The second kappa shape index (κ2) is 5.22. The van der Waals surface area contributed by atoms with Crippen LogP contribution in [0.2, 0.25) is 0 Å². The molecule has 1 aromatic carbocycles. The van der Waals surface area contributed by atoms with E-state index in [-0.39, 0.29) is 17.5 Å². The number of allylic oxidation sites excluding steroid dienone is 1. The van der Waals surface area contributed by atoms with E-state index in [2.05, 4.69) is 0 Å². The Morgan fingerprint density at radius 1 is 0.889 bits per heavy atom. The minimum absolute atomic E-state index is 0.00238. The van der Waals surface area contributed by atoms with Gasteiger partial charge in [-0.05, 0) is 23.8 Å². The molecule has 1 rings (SSSR count). The van der Waals surface area contributed by atoms with E-state index in [0.717, 1.165) is 6.08 Å². The van der Waals surface area contributed by atoms with E-state index in [9.17, 15) is 26.3 Å². The van der Waals surface area contributed by atoms with E-state index in [1.54, 1.807) is 0 Å². The Morgan fingerprint density at radius 2 is 1.33 bits per heavy atom. The van der Waals surface area contributed by atoms with Crippen LogP contribution in [0, 0.1) is 0 Å². The maximum Gasteiger partial charge on any atom is 0.416 e. The van der Waals surface area contributed by atoms with Crippen molar-refractivity contribution in [1.82, 2.24) is 0 Å². The van der Waals surface area contributed by atoms with E-state index >= 15 is 0 Å². The number of benzene rings is 1. The molecule has 0 amide bonds. The first-order valence-corrected chi connectivity index (χ1v) is 5.20. The third kappa shape index (κ3) is 3.94. The quantitative estimate of drug-likeness (QED) is 0.532. The molecule has 0 fully saturated rings. The average Bonchev–Trinajstić information content (AvgIpc) is 2.23. The van der Waals surface area contributed by atoms with Gasteiger partial charge in [0, 0.05) is 5.88 Å². The first kappa shape index (κ1) is 14.9. The van der Waals surface area contributed by atoms with Gasteiger partial charge in [0.1, 0.15) is 0 Å². The van der Waals surface area contributed by atoms with Crippen LogP contribution < -0.4 is 0 Å². The van der Waals surface area contributed by atoms with E-state index in [0.29, 0.717) is 12.1 Å². The Labute approximate surface area is 104 Å². The summed E-state index contributed by atoms with van der Waals surface area (Å²) in [4.78, 5) is 0. The normalized spacial score (nSPS) is 13.3. The van der Waals surface area contributed by atoms with E-state index in [1.165, 1.54) is 6.08 Å². The van der Waals surface area contributed by atoms with E-state index in [4.69, 9.17) is 11.6 Å². The molecule has 0 aliphatic heterocycles. The lowest BCUT2D eigenvalue weighted by Crippen LogP contribution is -2.11. The van der Waals surface area contributed by atoms with Gasteiger partial charge in [0.05, 0.1) is 11.1 Å². The molecular formula is C11H7ClF6. The number of halogens is 7. The molecule has 18 heavy (non-hydrogen) atoms. The zero-order chi connectivity index (χ0) is 14.0. The van der Waals surface area contributed by atoms with Gasteiger partial charge in [0.25, 0.3) is 0 Å². The summed E-state index contributed by atoms with van der Waals surface area (Å²) in [7, 11) is 0. The van der Waals surface area contributed by atoms with Crippen molar-refractivity contribution in [3.63, 3.8) is 0 Å². The maximum absolute atomic E-state index is 12.4. The van der Waals surface area contributed by atoms with Crippen LogP contribution in [-0.4, -0.2) is 5.88 Å². The predicted molar refractivity (Wildman–Crippen MR) is 56.2 cm³/mol. The molecule has 0 nitrogen and oxygen atoms in total. The Bertz CT molecular complexity index is 412. The van der Waals surface area contributed by atoms with Crippen LogP contribution in [0.15, 0.2) is 24.3 Å². The highest BCUT2D eigenvalue weighted by Crippen LogP contribution is 2.36. The largest absolute Gasteiger partial charge is 0.416 e. The van der Waals surface area contributed by atoms with Gasteiger partial charge in [-0.25, -0.2) is 0 Å². The predicted octanol–water partition coefficient (Wildman–Crippen LogP) is 4.98. The van der Waals surface area contributed by atoms with E-state index < -0.39 is 23.5 Å². The first-order chi connectivity index (χ1) is 8.14. The topological polar surface area (TPSA) is 0 Å². The number of rotatable bonds is 2. The lowest BCUT2D eigenvalue weighted by atomic mass is 10.0. The van der Waals surface area contributed by atoms with Crippen molar-refractivity contribution in [2.24, 2.45) is 0 Å². The molecule has 0 N–H and O–H groups in total. The average molecular weight is 289 g/mol. The molecule has 0 aromatic heterocycles. The maximum atomic E-state index is 12.4. The Balaban J connectivity index is 3.34. The molecule has 7 heteroatoms. The molecule has 100 valence electrons.